The number of nitrogens with two attached hydrogens (primary N) is 1. The molecule has 3 unspecified atom stereocenters. The summed E-state index contributed by atoms with van der Waals surface area (Å²) in [5.74, 6) is -2.49. The van der Waals surface area contributed by atoms with E-state index in [1.165, 1.54) is 9.80 Å². The van der Waals surface area contributed by atoms with Crippen molar-refractivity contribution in [1.82, 2.24) is 15.1 Å². The molecular weight excluding hydrogens is 332 g/mol. The minimum absolute atomic E-state index is 0.312. The van der Waals surface area contributed by atoms with E-state index in [0.29, 0.717) is 38.8 Å². The van der Waals surface area contributed by atoms with Crippen LogP contribution in [0.5, 0.6) is 0 Å². The van der Waals surface area contributed by atoms with E-state index < -0.39 is 48.4 Å². The van der Waals surface area contributed by atoms with Crippen molar-refractivity contribution in [2.75, 3.05) is 26.2 Å². The van der Waals surface area contributed by atoms with Crippen LogP contribution in [0.4, 0.5) is 0 Å². The monoisotopic (exact) mass is 356 g/mol. The Kier molecular flexibility index (Phi) is 6.32. The van der Waals surface area contributed by atoms with Gasteiger partial charge in [0.15, 0.2) is 0 Å². The molecule has 0 aromatic heterocycles. The number of carboxylic acids is 1. The summed E-state index contributed by atoms with van der Waals surface area (Å²) in [5.41, 5.74) is 5.52. The summed E-state index contributed by atoms with van der Waals surface area (Å²) >= 11 is 0. The van der Waals surface area contributed by atoms with Crippen LogP contribution >= 0.6 is 0 Å². The number of aliphatic hydroxyl groups excluding tert-OH is 1. The maximum absolute atomic E-state index is 12.3. The number of nitrogens with zero attached hydrogens (tertiary/aromatic N) is 2. The summed E-state index contributed by atoms with van der Waals surface area (Å²) in [7, 11) is 0. The maximum Gasteiger partial charge on any atom is 0.326 e. The van der Waals surface area contributed by atoms with Gasteiger partial charge in [-0.05, 0) is 25.7 Å². The number of aliphatic carboxylic acids is 1. The molecule has 0 radical (unpaired) electrons. The van der Waals surface area contributed by atoms with Crippen molar-refractivity contribution < 1.29 is 29.4 Å². The highest BCUT2D eigenvalue weighted by molar-refractivity contribution is 5.93. The largest absolute Gasteiger partial charge is 0.480 e. The summed E-state index contributed by atoms with van der Waals surface area (Å²) in [5, 5.41) is 20.6. The normalized spacial score (nSPS) is 24.2. The molecule has 25 heavy (non-hydrogen) atoms. The molecule has 3 amide bonds. The highest BCUT2D eigenvalue weighted by Crippen LogP contribution is 2.19. The molecule has 10 nitrogen and oxygen atoms in total. The van der Waals surface area contributed by atoms with Crippen LogP contribution in [0.3, 0.4) is 0 Å². The second-order valence-electron chi connectivity index (χ2n) is 6.28. The number of amides is 3. The number of hydrogen-bond acceptors (Lipinski definition) is 6. The molecule has 2 aliphatic heterocycles. The van der Waals surface area contributed by atoms with Gasteiger partial charge in [-0.15, -0.1) is 0 Å². The molecule has 2 heterocycles. The molecule has 140 valence electrons. The van der Waals surface area contributed by atoms with E-state index >= 15 is 0 Å². The van der Waals surface area contributed by atoms with Crippen LogP contribution in [-0.2, 0) is 19.2 Å². The molecule has 0 aromatic rings. The van der Waals surface area contributed by atoms with Crippen molar-refractivity contribution in [2.45, 2.75) is 43.8 Å². The number of likely N-dealkylation sites (tertiary alicyclic amines) is 2. The molecule has 2 saturated heterocycles. The average molecular weight is 356 g/mol. The summed E-state index contributed by atoms with van der Waals surface area (Å²) in [6.07, 6.45) is 2.09. The van der Waals surface area contributed by atoms with Crippen molar-refractivity contribution in [2.24, 2.45) is 5.73 Å². The number of rotatable bonds is 6. The third-order valence-electron chi connectivity index (χ3n) is 4.62. The minimum atomic E-state index is -1.07. The van der Waals surface area contributed by atoms with Crippen molar-refractivity contribution in [3.05, 3.63) is 0 Å². The Balaban J connectivity index is 1.90. The molecule has 2 fully saturated rings. The minimum Gasteiger partial charge on any atom is -0.480 e. The number of nitrogens with one attached hydrogen (secondary N) is 1. The van der Waals surface area contributed by atoms with E-state index in [1.807, 2.05) is 0 Å². The van der Waals surface area contributed by atoms with Crippen LogP contribution in [0.25, 0.3) is 0 Å². The summed E-state index contributed by atoms with van der Waals surface area (Å²) in [4.78, 5) is 50.2. The van der Waals surface area contributed by atoms with Gasteiger partial charge < -0.3 is 31.1 Å². The molecule has 10 heteroatoms. The first-order chi connectivity index (χ1) is 11.9. The predicted octanol–water partition coefficient (Wildman–Crippen LogP) is -2.51. The third kappa shape index (κ3) is 4.26. The van der Waals surface area contributed by atoms with E-state index in [9.17, 15) is 19.2 Å². The molecule has 3 atom stereocenters. The molecule has 0 saturated carbocycles. The lowest BCUT2D eigenvalue weighted by atomic mass is 10.2. The van der Waals surface area contributed by atoms with Gasteiger partial charge in [-0.2, -0.15) is 0 Å². The number of carbonyl (C=O) groups is 4. The smallest absolute Gasteiger partial charge is 0.326 e. The van der Waals surface area contributed by atoms with Gasteiger partial charge in [-0.3, -0.25) is 14.4 Å². The lowest BCUT2D eigenvalue weighted by molar-refractivity contribution is -0.148. The molecular formula is C15H24N4O6. The number of hydrogen-bond donors (Lipinski definition) is 4. The van der Waals surface area contributed by atoms with E-state index in [1.54, 1.807) is 0 Å². The zero-order valence-corrected chi connectivity index (χ0v) is 13.9. The Morgan fingerprint density at radius 2 is 1.68 bits per heavy atom. The van der Waals surface area contributed by atoms with Gasteiger partial charge in [-0.25, -0.2) is 4.79 Å². The SMILES string of the molecule is NC(CO)C(=O)N1CCCC1C(=O)NCC(=O)N1CCCC1C(=O)O. The van der Waals surface area contributed by atoms with Gasteiger partial charge in [0.1, 0.15) is 18.1 Å². The standard InChI is InChI=1S/C15H24N4O6/c16-9(8-20)14(23)19-6-1-3-10(19)13(22)17-7-12(21)18-5-2-4-11(18)15(24)25/h9-11,20H,1-8,16H2,(H,17,22)(H,24,25). The molecule has 0 spiro atoms. The molecule has 2 rings (SSSR count). The fourth-order valence-corrected chi connectivity index (χ4v) is 3.30. The Morgan fingerprint density at radius 3 is 2.28 bits per heavy atom. The van der Waals surface area contributed by atoms with Gasteiger partial charge in [0.2, 0.25) is 17.7 Å². The van der Waals surface area contributed by atoms with Crippen LogP contribution < -0.4 is 11.1 Å². The van der Waals surface area contributed by atoms with Crippen LogP contribution in [0, 0.1) is 0 Å². The second kappa shape index (κ2) is 8.26. The molecule has 2 aliphatic rings. The second-order valence-corrected chi connectivity index (χ2v) is 6.28. The average Bonchev–Trinajstić information content (AvgIpc) is 3.26. The number of aliphatic hydroxyl groups is 1. The Bertz CT molecular complexity index is 554. The first-order valence-corrected chi connectivity index (χ1v) is 8.33. The van der Waals surface area contributed by atoms with Gasteiger partial charge in [0, 0.05) is 13.1 Å². The van der Waals surface area contributed by atoms with Crippen LogP contribution in [0.2, 0.25) is 0 Å². The summed E-state index contributed by atoms with van der Waals surface area (Å²) < 4.78 is 0. The first kappa shape index (κ1) is 19.1. The fourth-order valence-electron chi connectivity index (χ4n) is 3.30. The van der Waals surface area contributed by atoms with Crippen molar-refractivity contribution in [3.8, 4) is 0 Å². The van der Waals surface area contributed by atoms with Crippen LogP contribution in [-0.4, -0.2) is 88.1 Å². The molecule has 0 aliphatic carbocycles. The highest BCUT2D eigenvalue weighted by Gasteiger charge is 2.37. The molecule has 0 aromatic carbocycles. The summed E-state index contributed by atoms with van der Waals surface area (Å²) in [6, 6.07) is -2.65. The van der Waals surface area contributed by atoms with E-state index in [4.69, 9.17) is 15.9 Å². The van der Waals surface area contributed by atoms with E-state index in [0.717, 1.165) is 0 Å². The Hall–Kier alpha value is -2.20. The number of carbonyl (C=O) groups excluding carboxylic acids is 3. The van der Waals surface area contributed by atoms with E-state index in [2.05, 4.69) is 5.32 Å². The Labute approximate surface area is 144 Å². The summed E-state index contributed by atoms with van der Waals surface area (Å²) in [6.45, 7) is -0.0995. The maximum atomic E-state index is 12.3. The van der Waals surface area contributed by atoms with Gasteiger partial charge in [-0.1, -0.05) is 0 Å². The molecule has 0 bridgehead atoms. The Morgan fingerprint density at radius 1 is 1.08 bits per heavy atom. The topological polar surface area (TPSA) is 153 Å². The van der Waals surface area contributed by atoms with Gasteiger partial charge in [0.05, 0.1) is 13.2 Å². The van der Waals surface area contributed by atoms with Crippen molar-refractivity contribution >= 4 is 23.7 Å². The predicted molar refractivity (Wildman–Crippen MR) is 85.2 cm³/mol. The zero-order chi connectivity index (χ0) is 18.6. The molecule has 5 N–H and O–H groups in total. The van der Waals surface area contributed by atoms with Crippen molar-refractivity contribution in [3.63, 3.8) is 0 Å². The van der Waals surface area contributed by atoms with Crippen LogP contribution in [0.15, 0.2) is 0 Å². The highest BCUT2D eigenvalue weighted by atomic mass is 16.4. The lowest BCUT2D eigenvalue weighted by Crippen LogP contribution is -2.53. The zero-order valence-electron chi connectivity index (χ0n) is 13.9. The van der Waals surface area contributed by atoms with Crippen molar-refractivity contribution in [1.29, 1.82) is 0 Å². The van der Waals surface area contributed by atoms with E-state index in [-0.39, 0.29) is 6.54 Å². The first-order valence-electron chi connectivity index (χ1n) is 8.33. The third-order valence-corrected chi connectivity index (χ3v) is 4.62. The quantitative estimate of drug-likeness (QED) is 0.410. The fraction of sp³-hybridized carbons (Fsp3) is 0.733. The number of carboxylic acid groups (broad SMARTS) is 1. The van der Waals surface area contributed by atoms with Crippen LogP contribution in [0.1, 0.15) is 25.7 Å². The lowest BCUT2D eigenvalue weighted by Gasteiger charge is -2.26. The van der Waals surface area contributed by atoms with Gasteiger partial charge >= 0.3 is 5.97 Å². The van der Waals surface area contributed by atoms with Gasteiger partial charge in [0.25, 0.3) is 0 Å².